The molecule has 11 nitrogen and oxygen atoms in total. The van der Waals surface area contributed by atoms with E-state index in [0.717, 1.165) is 22.7 Å². The zero-order chi connectivity index (χ0) is 23.8. The summed E-state index contributed by atoms with van der Waals surface area (Å²) < 4.78 is 7.33. The summed E-state index contributed by atoms with van der Waals surface area (Å²) >= 11 is 0. The van der Waals surface area contributed by atoms with Gasteiger partial charge in [-0.15, -0.1) is 10.2 Å². The maximum Gasteiger partial charge on any atom is 0.312 e. The van der Waals surface area contributed by atoms with Crippen LogP contribution in [0.25, 0.3) is 11.6 Å². The van der Waals surface area contributed by atoms with Crippen molar-refractivity contribution < 1.29 is 9.21 Å². The third-order valence-electron chi connectivity index (χ3n) is 6.10. The van der Waals surface area contributed by atoms with Gasteiger partial charge in [0.15, 0.2) is 0 Å². The van der Waals surface area contributed by atoms with E-state index in [0.29, 0.717) is 31.0 Å². The molecule has 0 bridgehead atoms. The molecule has 2 aliphatic rings. The number of aromatic nitrogens is 6. The van der Waals surface area contributed by atoms with Crippen LogP contribution in [0.15, 0.2) is 58.7 Å². The summed E-state index contributed by atoms with van der Waals surface area (Å²) in [4.78, 5) is 22.9. The van der Waals surface area contributed by atoms with E-state index in [1.54, 1.807) is 40.2 Å². The highest BCUT2D eigenvalue weighted by atomic mass is 16.4. The molecule has 176 valence electrons. The monoisotopic (exact) mass is 461 g/mol. The first-order valence-corrected chi connectivity index (χ1v) is 11.2. The molecule has 3 aromatic heterocycles. The summed E-state index contributed by atoms with van der Waals surface area (Å²) in [5, 5.41) is 13.9. The van der Waals surface area contributed by atoms with Crippen molar-refractivity contribution in [2.45, 2.75) is 32.7 Å². The molecule has 3 N–H and O–H groups in total. The van der Waals surface area contributed by atoms with Gasteiger partial charge >= 0.3 is 11.8 Å². The van der Waals surface area contributed by atoms with Crippen LogP contribution in [0.1, 0.15) is 48.4 Å². The Morgan fingerprint density at radius 2 is 2.24 bits per heavy atom. The Morgan fingerprint density at radius 1 is 1.38 bits per heavy atom. The van der Waals surface area contributed by atoms with Crippen LogP contribution in [-0.4, -0.2) is 52.3 Å². The number of amides is 1. The minimum atomic E-state index is -0.334. The van der Waals surface area contributed by atoms with Gasteiger partial charge in [-0.25, -0.2) is 10.8 Å². The Labute approximate surface area is 196 Å². The second-order valence-corrected chi connectivity index (χ2v) is 8.67. The van der Waals surface area contributed by atoms with Crippen molar-refractivity contribution in [1.29, 1.82) is 0 Å². The second-order valence-electron chi connectivity index (χ2n) is 8.67. The third kappa shape index (κ3) is 3.94. The Hall–Kier alpha value is -3.99. The molecule has 0 saturated heterocycles. The summed E-state index contributed by atoms with van der Waals surface area (Å²) in [6.07, 6.45) is 12.5. The molecular weight excluding hydrogens is 434 g/mol. The van der Waals surface area contributed by atoms with Gasteiger partial charge in [0, 0.05) is 38.1 Å². The molecule has 0 aliphatic carbocycles. The van der Waals surface area contributed by atoms with Crippen LogP contribution in [0, 0.1) is 5.92 Å². The minimum absolute atomic E-state index is 0.0684. The van der Waals surface area contributed by atoms with E-state index in [2.05, 4.69) is 51.3 Å². The number of carbonyl (C=O) groups is 1. The lowest BCUT2D eigenvalue weighted by molar-refractivity contribution is 0.0616. The lowest BCUT2D eigenvalue weighted by Gasteiger charge is -2.34. The normalized spacial score (nSPS) is 19.1. The van der Waals surface area contributed by atoms with Crippen molar-refractivity contribution in [1.82, 2.24) is 39.9 Å². The quantitative estimate of drug-likeness (QED) is 0.553. The molecule has 11 heteroatoms. The van der Waals surface area contributed by atoms with Gasteiger partial charge < -0.3 is 14.3 Å². The Kier molecular flexibility index (Phi) is 5.62. The van der Waals surface area contributed by atoms with Gasteiger partial charge in [-0.2, -0.15) is 5.10 Å². The van der Waals surface area contributed by atoms with Crippen molar-refractivity contribution in [3.05, 3.63) is 71.6 Å². The number of nitrogens with two attached hydrogens (primary N) is 1. The molecule has 0 unspecified atom stereocenters. The number of H-pyrrole nitrogens is 1. The third-order valence-corrected chi connectivity index (χ3v) is 6.10. The number of allylic oxidation sites excluding steroid dienone is 3. The molecule has 1 amide bonds. The van der Waals surface area contributed by atoms with Crippen molar-refractivity contribution >= 4 is 5.91 Å². The molecular formula is C23H27N9O2. The van der Waals surface area contributed by atoms with E-state index < -0.39 is 0 Å². The van der Waals surface area contributed by atoms with Crippen molar-refractivity contribution in [3.8, 4) is 11.6 Å². The zero-order valence-corrected chi connectivity index (χ0v) is 19.3. The van der Waals surface area contributed by atoms with Crippen LogP contribution in [0.4, 0.5) is 0 Å². The number of aryl methyl sites for hydroxylation is 1. The number of hydrazine groups is 1. The fourth-order valence-corrected chi connectivity index (χ4v) is 4.39. The van der Waals surface area contributed by atoms with E-state index in [1.165, 1.54) is 0 Å². The van der Waals surface area contributed by atoms with Gasteiger partial charge in [-0.1, -0.05) is 26.0 Å². The smallest absolute Gasteiger partial charge is 0.312 e. The van der Waals surface area contributed by atoms with E-state index in [4.69, 9.17) is 10.3 Å². The number of hydrogen-bond acceptors (Lipinski definition) is 8. The molecule has 34 heavy (non-hydrogen) atoms. The van der Waals surface area contributed by atoms with Gasteiger partial charge in [-0.05, 0) is 30.1 Å². The van der Waals surface area contributed by atoms with Crippen molar-refractivity contribution in [2.24, 2.45) is 18.8 Å². The molecule has 2 aliphatic heterocycles. The molecule has 0 saturated carbocycles. The van der Waals surface area contributed by atoms with Crippen LogP contribution >= 0.6 is 0 Å². The fraction of sp³-hybridized carbons (Fsp3) is 0.348. The van der Waals surface area contributed by atoms with E-state index in [-0.39, 0.29) is 23.7 Å². The summed E-state index contributed by atoms with van der Waals surface area (Å²) in [6, 6.07) is 1.46. The second kappa shape index (κ2) is 8.75. The van der Waals surface area contributed by atoms with E-state index >= 15 is 0 Å². The number of fused-ring (bicyclic) bond motifs is 1. The van der Waals surface area contributed by atoms with E-state index in [9.17, 15) is 4.79 Å². The summed E-state index contributed by atoms with van der Waals surface area (Å²) in [5.41, 5.74) is 4.44. The van der Waals surface area contributed by atoms with E-state index in [1.807, 2.05) is 12.3 Å². The number of imidazole rings is 1. The van der Waals surface area contributed by atoms with Crippen molar-refractivity contribution in [3.63, 3.8) is 0 Å². The summed E-state index contributed by atoms with van der Waals surface area (Å²) in [6.45, 7) is 4.76. The van der Waals surface area contributed by atoms with Gasteiger partial charge in [0.05, 0.1) is 23.8 Å². The zero-order valence-electron chi connectivity index (χ0n) is 19.3. The van der Waals surface area contributed by atoms with Crippen LogP contribution in [0.3, 0.4) is 0 Å². The number of nitrogens with one attached hydrogen (secondary N) is 1. The molecule has 1 atom stereocenters. The number of carbonyl (C=O) groups excluding carboxylic acids is 1. The highest BCUT2D eigenvalue weighted by Crippen LogP contribution is 2.34. The maximum atomic E-state index is 13.5. The Morgan fingerprint density at radius 3 is 3.00 bits per heavy atom. The number of aromatic amines is 1. The first-order chi connectivity index (χ1) is 16.4. The highest BCUT2D eigenvalue weighted by Gasteiger charge is 2.35. The average molecular weight is 462 g/mol. The van der Waals surface area contributed by atoms with Gasteiger partial charge in [0.1, 0.15) is 5.69 Å². The largest absolute Gasteiger partial charge is 0.411 e. The average Bonchev–Trinajstić information content (AvgIpc) is 3.57. The van der Waals surface area contributed by atoms with Crippen LogP contribution in [0.5, 0.6) is 0 Å². The molecule has 0 spiro atoms. The molecule has 0 aromatic carbocycles. The first-order valence-electron chi connectivity index (χ1n) is 11.2. The fourth-order valence-electron chi connectivity index (χ4n) is 4.39. The molecule has 0 fully saturated rings. The van der Waals surface area contributed by atoms with Crippen LogP contribution in [0.2, 0.25) is 0 Å². The topological polar surface area (TPSA) is 135 Å². The number of nitrogens with zero attached hydrogens (tertiary/aromatic N) is 7. The molecule has 5 rings (SSSR count). The van der Waals surface area contributed by atoms with Gasteiger partial charge in [0.25, 0.3) is 5.89 Å². The number of hydrogen-bond donors (Lipinski definition) is 2. The lowest BCUT2D eigenvalue weighted by atomic mass is 9.94. The predicted molar refractivity (Wildman–Crippen MR) is 123 cm³/mol. The Balaban J connectivity index is 1.44. The standard InChI is InChI=1S/C23H27N9O2/c1-14(2)15-5-4-10-32(24)18(15)6-7-19-20-16(25-13-26-20)9-12-31(19)23(33)22-28-27-21(34-22)17-8-11-30(3)29-17/h4-6,8,10-11,13-14,19H,7,9,12,24H2,1-3H3,(H,25,26)/b18-6-/t19-/m0/s1. The molecule has 0 radical (unpaired) electrons. The Bertz CT molecular complexity index is 1290. The molecule has 5 heterocycles. The van der Waals surface area contributed by atoms with Crippen LogP contribution in [-0.2, 0) is 13.5 Å². The molecule has 3 aromatic rings. The van der Waals surface area contributed by atoms with Crippen molar-refractivity contribution in [2.75, 3.05) is 6.54 Å². The summed E-state index contributed by atoms with van der Waals surface area (Å²) in [7, 11) is 1.80. The highest BCUT2D eigenvalue weighted by molar-refractivity contribution is 5.90. The maximum absolute atomic E-state index is 13.5. The summed E-state index contributed by atoms with van der Waals surface area (Å²) in [5.74, 6) is 6.34. The minimum Gasteiger partial charge on any atom is -0.411 e. The van der Waals surface area contributed by atoms with Crippen LogP contribution < -0.4 is 5.84 Å². The SMILES string of the molecule is CC(C)C1=CC=CN(N)/C1=C\C[C@H]1c2nc[nH]c2CCN1C(=O)c1nnc(-c2ccn(C)n2)o1. The van der Waals surface area contributed by atoms with Gasteiger partial charge in [0.2, 0.25) is 0 Å². The lowest BCUT2D eigenvalue weighted by Crippen LogP contribution is -2.40. The first kappa shape index (κ1) is 21.8. The number of rotatable bonds is 5. The van der Waals surface area contributed by atoms with Gasteiger partial charge in [-0.3, -0.25) is 14.5 Å². The predicted octanol–water partition coefficient (Wildman–Crippen LogP) is 2.49.